The molecular weight excluding hydrogens is 369 g/mol. The van der Waals surface area contributed by atoms with E-state index < -0.39 is 30.5 Å². The van der Waals surface area contributed by atoms with E-state index >= 15 is 0 Å². The Morgan fingerprint density at radius 1 is 1.46 bits per heavy atom. The van der Waals surface area contributed by atoms with Crippen LogP contribution in [0.3, 0.4) is 0 Å². The number of carbonyl (C=O) groups is 2. The largest absolute Gasteiger partial charge is 0.465 e. The highest BCUT2D eigenvalue weighted by molar-refractivity contribution is 6.31. The average molecular weight is 390 g/mol. The molecule has 0 saturated carbocycles. The summed E-state index contributed by atoms with van der Waals surface area (Å²) in [6.07, 6.45) is -3.11. The number of carbonyl (C=O) groups excluding carboxylic acids is 1. The first-order valence-electron chi connectivity index (χ1n) is 8.38. The number of aryl methyl sites for hydroxylation is 1. The molecule has 0 bridgehead atoms. The maximum atomic E-state index is 14.7. The predicted molar refractivity (Wildman–Crippen MR) is 90.2 cm³/mol. The van der Waals surface area contributed by atoms with E-state index in [-0.39, 0.29) is 31.7 Å². The molecule has 0 aromatic carbocycles. The molecule has 3 heterocycles. The molecule has 2 fully saturated rings. The Morgan fingerprint density at radius 2 is 2.15 bits per heavy atom. The number of H-pyrrole nitrogens is 1. The summed E-state index contributed by atoms with van der Waals surface area (Å²) in [5, 5.41) is 9.47. The molecule has 0 spiro atoms. The van der Waals surface area contributed by atoms with Gasteiger partial charge in [-0.3, -0.25) is 4.79 Å². The number of alkyl halides is 1. The molecule has 3 rings (SSSR count). The van der Waals surface area contributed by atoms with E-state index in [0.717, 1.165) is 4.90 Å². The third kappa shape index (κ3) is 3.94. The Balaban J connectivity index is 1.80. The first kappa shape index (κ1) is 18.9. The second kappa shape index (κ2) is 7.81. The number of aromatic nitrogens is 1. The monoisotopic (exact) mass is 389 g/mol. The minimum absolute atomic E-state index is 0.0622. The van der Waals surface area contributed by atoms with Crippen LogP contribution >= 0.6 is 11.6 Å². The van der Waals surface area contributed by atoms with Gasteiger partial charge in [0.15, 0.2) is 6.29 Å². The number of halogens is 2. The molecule has 0 aliphatic carbocycles. The van der Waals surface area contributed by atoms with Gasteiger partial charge in [-0.2, -0.15) is 0 Å². The fraction of sp³-hybridized carbons (Fsp3) is 0.625. The van der Waals surface area contributed by atoms with Gasteiger partial charge in [0.1, 0.15) is 11.9 Å². The summed E-state index contributed by atoms with van der Waals surface area (Å²) in [6.45, 7) is 2.50. The van der Waals surface area contributed by atoms with Crippen molar-refractivity contribution >= 4 is 23.6 Å². The Morgan fingerprint density at radius 3 is 2.69 bits per heavy atom. The Kier molecular flexibility index (Phi) is 5.69. The number of hydrogen-bond acceptors (Lipinski definition) is 4. The molecule has 0 unspecified atom stereocenters. The predicted octanol–water partition coefficient (Wildman–Crippen LogP) is 1.88. The summed E-state index contributed by atoms with van der Waals surface area (Å²) in [7, 11) is 0. The van der Waals surface area contributed by atoms with Crippen LogP contribution in [0.1, 0.15) is 22.6 Å². The lowest BCUT2D eigenvalue weighted by Crippen LogP contribution is -2.56. The van der Waals surface area contributed by atoms with Gasteiger partial charge in [0.2, 0.25) is 0 Å². The smallest absolute Gasteiger partial charge is 0.407 e. The number of amides is 2. The van der Waals surface area contributed by atoms with Gasteiger partial charge < -0.3 is 29.4 Å². The standard InChI is InChI=1S/C16H21ClFN3O5/c1-9-10(17)6-12(19-9)15(22)21(8-14-25-4-5-26-14)13-2-3-20(16(23)24)7-11(13)18/h6,11,13-14,19H,2-5,7-8H2,1H3,(H,23,24)/t11-,13+/m0/s1. The van der Waals surface area contributed by atoms with Gasteiger partial charge in [-0.15, -0.1) is 0 Å². The fourth-order valence-electron chi connectivity index (χ4n) is 3.26. The Labute approximate surface area is 154 Å². The zero-order valence-corrected chi connectivity index (χ0v) is 15.0. The zero-order valence-electron chi connectivity index (χ0n) is 14.3. The minimum Gasteiger partial charge on any atom is -0.465 e. The number of carboxylic acid groups (broad SMARTS) is 1. The average Bonchev–Trinajstić information content (AvgIpc) is 3.22. The van der Waals surface area contributed by atoms with E-state index in [2.05, 4.69) is 4.98 Å². The van der Waals surface area contributed by atoms with E-state index in [4.69, 9.17) is 26.2 Å². The van der Waals surface area contributed by atoms with Crippen molar-refractivity contribution in [1.29, 1.82) is 0 Å². The number of piperidine rings is 1. The second-order valence-corrected chi connectivity index (χ2v) is 6.79. The van der Waals surface area contributed by atoms with Crippen LogP contribution in [0.2, 0.25) is 5.02 Å². The molecule has 144 valence electrons. The third-order valence-corrected chi connectivity index (χ3v) is 5.05. The van der Waals surface area contributed by atoms with E-state index in [9.17, 15) is 14.0 Å². The normalized spacial score (nSPS) is 24.0. The van der Waals surface area contributed by atoms with Gasteiger partial charge in [-0.05, 0) is 19.4 Å². The molecule has 2 saturated heterocycles. The van der Waals surface area contributed by atoms with E-state index in [1.807, 2.05) is 0 Å². The van der Waals surface area contributed by atoms with Crippen LogP contribution in [-0.4, -0.2) is 83.2 Å². The summed E-state index contributed by atoms with van der Waals surface area (Å²) in [5.41, 5.74) is 0.888. The van der Waals surface area contributed by atoms with Gasteiger partial charge >= 0.3 is 6.09 Å². The van der Waals surface area contributed by atoms with Crippen LogP contribution in [0, 0.1) is 6.92 Å². The quantitative estimate of drug-likeness (QED) is 0.819. The van der Waals surface area contributed by atoms with Crippen molar-refractivity contribution in [2.75, 3.05) is 32.8 Å². The van der Waals surface area contributed by atoms with Crippen molar-refractivity contribution in [3.05, 3.63) is 22.5 Å². The third-order valence-electron chi connectivity index (χ3n) is 4.66. The highest BCUT2D eigenvalue weighted by Gasteiger charge is 2.39. The highest BCUT2D eigenvalue weighted by atomic mass is 35.5. The Bertz CT molecular complexity index is 659. The number of nitrogens with zero attached hydrogens (tertiary/aromatic N) is 2. The summed E-state index contributed by atoms with van der Waals surface area (Å²) < 4.78 is 25.5. The summed E-state index contributed by atoms with van der Waals surface area (Å²) in [5.74, 6) is -0.421. The van der Waals surface area contributed by atoms with Crippen molar-refractivity contribution in [2.45, 2.75) is 31.8 Å². The zero-order chi connectivity index (χ0) is 18.8. The molecule has 2 N–H and O–H groups in total. The summed E-state index contributed by atoms with van der Waals surface area (Å²) in [6, 6.07) is 0.732. The molecule has 10 heteroatoms. The van der Waals surface area contributed by atoms with Crippen LogP contribution in [0.4, 0.5) is 9.18 Å². The van der Waals surface area contributed by atoms with Crippen LogP contribution in [0.15, 0.2) is 6.07 Å². The number of hydrogen-bond donors (Lipinski definition) is 2. The van der Waals surface area contributed by atoms with Gasteiger partial charge in [-0.25, -0.2) is 9.18 Å². The number of aromatic amines is 1. The van der Waals surface area contributed by atoms with Crippen molar-refractivity contribution in [1.82, 2.24) is 14.8 Å². The lowest BCUT2D eigenvalue weighted by Gasteiger charge is -2.40. The molecule has 2 amide bonds. The number of ether oxygens (including phenoxy) is 2. The first-order chi connectivity index (χ1) is 12.4. The molecule has 1 aromatic rings. The maximum absolute atomic E-state index is 14.7. The molecule has 2 aliphatic rings. The van der Waals surface area contributed by atoms with E-state index in [1.54, 1.807) is 6.92 Å². The lowest BCUT2D eigenvalue weighted by atomic mass is 10.0. The van der Waals surface area contributed by atoms with Crippen LogP contribution < -0.4 is 0 Å². The van der Waals surface area contributed by atoms with E-state index in [0.29, 0.717) is 23.9 Å². The molecule has 2 atom stereocenters. The van der Waals surface area contributed by atoms with Crippen molar-refractivity contribution < 1.29 is 28.6 Å². The SMILES string of the molecule is Cc1[nH]c(C(=O)N(CC2OCCO2)[C@@H]2CCN(C(=O)O)C[C@@H]2F)cc1Cl. The van der Waals surface area contributed by atoms with E-state index in [1.165, 1.54) is 11.0 Å². The van der Waals surface area contributed by atoms with Crippen molar-refractivity contribution in [2.24, 2.45) is 0 Å². The van der Waals surface area contributed by atoms with Gasteiger partial charge in [0.25, 0.3) is 5.91 Å². The van der Waals surface area contributed by atoms with Crippen LogP contribution in [0.25, 0.3) is 0 Å². The summed E-state index contributed by atoms with van der Waals surface area (Å²) >= 11 is 6.02. The molecule has 26 heavy (non-hydrogen) atoms. The van der Waals surface area contributed by atoms with Crippen molar-refractivity contribution in [3.8, 4) is 0 Å². The Hall–Kier alpha value is -1.84. The first-order valence-corrected chi connectivity index (χ1v) is 8.76. The van der Waals surface area contributed by atoms with Gasteiger partial charge in [0, 0.05) is 12.2 Å². The van der Waals surface area contributed by atoms with Gasteiger partial charge in [0.05, 0.1) is 37.4 Å². The number of nitrogens with one attached hydrogen (secondary N) is 1. The maximum Gasteiger partial charge on any atom is 0.407 e. The number of rotatable bonds is 4. The molecule has 0 radical (unpaired) electrons. The molecule has 1 aromatic heterocycles. The topological polar surface area (TPSA) is 95.1 Å². The molecule has 2 aliphatic heterocycles. The summed E-state index contributed by atoms with van der Waals surface area (Å²) in [4.78, 5) is 29.3. The van der Waals surface area contributed by atoms with Crippen molar-refractivity contribution in [3.63, 3.8) is 0 Å². The minimum atomic E-state index is -1.50. The lowest BCUT2D eigenvalue weighted by molar-refractivity contribution is -0.0716. The van der Waals surface area contributed by atoms with Crippen LogP contribution in [-0.2, 0) is 9.47 Å². The molecular formula is C16H21ClFN3O5. The highest BCUT2D eigenvalue weighted by Crippen LogP contribution is 2.25. The van der Waals surface area contributed by atoms with Gasteiger partial charge in [-0.1, -0.05) is 11.6 Å². The molecule has 8 nitrogen and oxygen atoms in total. The van der Waals surface area contributed by atoms with Crippen LogP contribution in [0.5, 0.6) is 0 Å². The fourth-order valence-corrected chi connectivity index (χ4v) is 3.42. The number of likely N-dealkylation sites (tertiary alicyclic amines) is 1. The second-order valence-electron chi connectivity index (χ2n) is 6.39.